The molecule has 0 fully saturated rings. The van der Waals surface area contributed by atoms with Crippen LogP contribution in [-0.2, 0) is 14.3 Å². The number of allylic oxidation sites excluding steroid dienone is 3. The average molecular weight is 355 g/mol. The van der Waals surface area contributed by atoms with Gasteiger partial charge in [-0.3, -0.25) is 4.79 Å². The van der Waals surface area contributed by atoms with Crippen LogP contribution in [0.2, 0.25) is 0 Å². The molecule has 3 rings (SSSR count). The summed E-state index contributed by atoms with van der Waals surface area (Å²) >= 11 is 0. The Kier molecular flexibility index (Phi) is 4.65. The van der Waals surface area contributed by atoms with Gasteiger partial charge in [-0.15, -0.1) is 0 Å². The minimum absolute atomic E-state index is 0.0745. The van der Waals surface area contributed by atoms with Gasteiger partial charge in [0.2, 0.25) is 0 Å². The zero-order valence-electron chi connectivity index (χ0n) is 15.9. The first-order valence-corrected chi connectivity index (χ1v) is 8.73. The first kappa shape index (κ1) is 18.2. The zero-order valence-corrected chi connectivity index (χ0v) is 15.9. The number of Topliss-reactive ketones (excluding diaryl/α,β-unsaturated/α-hetero) is 1. The van der Waals surface area contributed by atoms with Crippen LogP contribution in [0.4, 0.5) is 0 Å². The molecule has 0 radical (unpaired) electrons. The van der Waals surface area contributed by atoms with Crippen molar-refractivity contribution in [2.24, 2.45) is 5.41 Å². The highest BCUT2D eigenvalue weighted by Gasteiger charge is 2.43. The van der Waals surface area contributed by atoms with Gasteiger partial charge in [0.05, 0.1) is 19.8 Å². The van der Waals surface area contributed by atoms with Gasteiger partial charge in [0.15, 0.2) is 5.78 Å². The number of carbonyl (C=O) groups is 2. The van der Waals surface area contributed by atoms with Crippen molar-refractivity contribution < 1.29 is 19.1 Å². The molecule has 2 aliphatic rings. The molecule has 1 aromatic carbocycles. The van der Waals surface area contributed by atoms with E-state index in [9.17, 15) is 9.59 Å². The molecule has 0 saturated carbocycles. The van der Waals surface area contributed by atoms with Gasteiger partial charge in [-0.25, -0.2) is 4.79 Å². The van der Waals surface area contributed by atoms with Crippen molar-refractivity contribution in [2.75, 3.05) is 14.2 Å². The molecule has 5 heteroatoms. The van der Waals surface area contributed by atoms with E-state index >= 15 is 0 Å². The van der Waals surface area contributed by atoms with Crippen molar-refractivity contribution in [3.05, 3.63) is 52.4 Å². The fourth-order valence-electron chi connectivity index (χ4n) is 3.97. The lowest BCUT2D eigenvalue weighted by Gasteiger charge is -2.39. The van der Waals surface area contributed by atoms with Gasteiger partial charge in [0.25, 0.3) is 0 Å². The van der Waals surface area contributed by atoms with E-state index in [1.165, 1.54) is 7.11 Å². The van der Waals surface area contributed by atoms with E-state index in [1.807, 2.05) is 31.2 Å². The standard InChI is InChI=1S/C21H25NO4/c1-12-17(20(24)26-5)18(13-7-6-8-14(9-13)25-4)19-15(22-12)10-21(2,3)11-16(19)23/h6-9,18,22H,10-11H2,1-5H3/t18-/m1/s1. The summed E-state index contributed by atoms with van der Waals surface area (Å²) in [5.41, 5.74) is 3.53. The lowest BCUT2D eigenvalue weighted by atomic mass is 9.68. The number of carbonyl (C=O) groups excluding carboxylic acids is 2. The van der Waals surface area contributed by atoms with Crippen LogP contribution in [0.3, 0.4) is 0 Å². The molecule has 138 valence electrons. The maximum Gasteiger partial charge on any atom is 0.336 e. The van der Waals surface area contributed by atoms with Crippen molar-refractivity contribution in [1.82, 2.24) is 5.32 Å². The van der Waals surface area contributed by atoms with Crippen LogP contribution in [0.15, 0.2) is 46.8 Å². The summed E-state index contributed by atoms with van der Waals surface area (Å²) in [5, 5.41) is 3.30. The van der Waals surface area contributed by atoms with Crippen molar-refractivity contribution in [1.29, 1.82) is 0 Å². The first-order chi connectivity index (χ1) is 12.3. The highest BCUT2D eigenvalue weighted by atomic mass is 16.5. The van der Waals surface area contributed by atoms with Gasteiger partial charge in [-0.2, -0.15) is 0 Å². The van der Waals surface area contributed by atoms with Gasteiger partial charge in [0.1, 0.15) is 5.75 Å². The van der Waals surface area contributed by atoms with E-state index in [2.05, 4.69) is 19.2 Å². The van der Waals surface area contributed by atoms with Gasteiger partial charge in [-0.05, 0) is 36.5 Å². The van der Waals surface area contributed by atoms with Gasteiger partial charge >= 0.3 is 5.97 Å². The zero-order chi connectivity index (χ0) is 19.1. The molecule has 0 bridgehead atoms. The molecular formula is C21H25NO4. The van der Waals surface area contributed by atoms with Crippen LogP contribution < -0.4 is 10.1 Å². The summed E-state index contributed by atoms with van der Waals surface area (Å²) in [7, 11) is 2.96. The maximum absolute atomic E-state index is 13.0. The molecule has 1 heterocycles. The van der Waals surface area contributed by atoms with Gasteiger partial charge in [0, 0.05) is 29.3 Å². The van der Waals surface area contributed by atoms with Crippen molar-refractivity contribution in [3.63, 3.8) is 0 Å². The van der Waals surface area contributed by atoms with E-state index in [0.717, 1.165) is 23.4 Å². The molecular weight excluding hydrogens is 330 g/mol. The lowest BCUT2D eigenvalue weighted by molar-refractivity contribution is -0.136. The van der Waals surface area contributed by atoms with E-state index in [4.69, 9.17) is 9.47 Å². The fraction of sp³-hybridized carbons (Fsp3) is 0.429. The SMILES string of the molecule is COC(=O)C1=C(C)NC2=C(C(=O)CC(C)(C)C2)[C@@H]1c1cccc(OC)c1. The van der Waals surface area contributed by atoms with Crippen molar-refractivity contribution >= 4 is 11.8 Å². The number of ether oxygens (including phenoxy) is 2. The molecule has 0 amide bonds. The molecule has 1 atom stereocenters. The Labute approximate surface area is 154 Å². The summed E-state index contributed by atoms with van der Waals surface area (Å²) < 4.78 is 10.4. The first-order valence-electron chi connectivity index (χ1n) is 8.73. The van der Waals surface area contributed by atoms with Crippen LogP contribution in [0.1, 0.15) is 45.1 Å². The monoisotopic (exact) mass is 355 g/mol. The third-order valence-corrected chi connectivity index (χ3v) is 5.07. The predicted octanol–water partition coefficient (Wildman–Crippen LogP) is 3.47. The number of ketones is 1. The Hall–Kier alpha value is -2.56. The van der Waals surface area contributed by atoms with E-state index in [0.29, 0.717) is 23.3 Å². The van der Waals surface area contributed by atoms with Gasteiger partial charge < -0.3 is 14.8 Å². The molecule has 26 heavy (non-hydrogen) atoms. The Balaban J connectivity index is 2.21. The third-order valence-electron chi connectivity index (χ3n) is 5.07. The minimum Gasteiger partial charge on any atom is -0.497 e. The average Bonchev–Trinajstić information content (AvgIpc) is 2.58. The van der Waals surface area contributed by atoms with Gasteiger partial charge in [-0.1, -0.05) is 26.0 Å². The van der Waals surface area contributed by atoms with Crippen LogP contribution in [-0.4, -0.2) is 26.0 Å². The molecule has 0 spiro atoms. The molecule has 1 aromatic rings. The largest absolute Gasteiger partial charge is 0.497 e. The molecule has 1 N–H and O–H groups in total. The number of rotatable bonds is 3. The number of dihydropyridines is 1. The van der Waals surface area contributed by atoms with E-state index < -0.39 is 11.9 Å². The lowest BCUT2D eigenvalue weighted by Crippen LogP contribution is -2.38. The number of hydrogen-bond donors (Lipinski definition) is 1. The summed E-state index contributed by atoms with van der Waals surface area (Å²) in [4.78, 5) is 25.6. The van der Waals surface area contributed by atoms with Crippen molar-refractivity contribution in [3.8, 4) is 5.75 Å². The maximum atomic E-state index is 13.0. The number of hydrogen-bond acceptors (Lipinski definition) is 5. The molecule has 1 aliphatic heterocycles. The normalized spacial score (nSPS) is 21.9. The second kappa shape index (κ2) is 6.63. The van der Waals surface area contributed by atoms with Crippen LogP contribution >= 0.6 is 0 Å². The molecule has 1 aliphatic carbocycles. The Morgan fingerprint density at radius 2 is 1.96 bits per heavy atom. The molecule has 0 unspecified atom stereocenters. The second-order valence-electron chi connectivity index (χ2n) is 7.70. The van der Waals surface area contributed by atoms with E-state index in [1.54, 1.807) is 7.11 Å². The van der Waals surface area contributed by atoms with E-state index in [-0.39, 0.29) is 11.2 Å². The molecule has 5 nitrogen and oxygen atoms in total. The summed E-state index contributed by atoms with van der Waals surface area (Å²) in [6.45, 7) is 6.03. The topological polar surface area (TPSA) is 64.6 Å². The fourth-order valence-corrected chi connectivity index (χ4v) is 3.97. The predicted molar refractivity (Wildman–Crippen MR) is 98.6 cm³/mol. The number of esters is 1. The van der Waals surface area contributed by atoms with Crippen LogP contribution in [0.5, 0.6) is 5.75 Å². The summed E-state index contributed by atoms with van der Waals surface area (Å²) in [6, 6.07) is 7.52. The Morgan fingerprint density at radius 1 is 1.23 bits per heavy atom. The number of benzene rings is 1. The second-order valence-corrected chi connectivity index (χ2v) is 7.70. The third kappa shape index (κ3) is 3.14. The summed E-state index contributed by atoms with van der Waals surface area (Å²) in [5.74, 6) is -0.108. The highest BCUT2D eigenvalue weighted by Crippen LogP contribution is 2.47. The van der Waals surface area contributed by atoms with Crippen LogP contribution in [0.25, 0.3) is 0 Å². The highest BCUT2D eigenvalue weighted by molar-refractivity contribution is 6.04. The quantitative estimate of drug-likeness (QED) is 0.841. The molecule has 0 saturated heterocycles. The Bertz CT molecular complexity index is 832. The minimum atomic E-state index is -0.447. The van der Waals surface area contributed by atoms with Crippen molar-refractivity contribution in [2.45, 2.75) is 39.5 Å². The molecule has 0 aromatic heterocycles. The number of nitrogens with one attached hydrogen (secondary N) is 1. The van der Waals surface area contributed by atoms with Crippen LogP contribution in [0, 0.1) is 5.41 Å². The summed E-state index contributed by atoms with van der Waals surface area (Å²) in [6.07, 6.45) is 1.22. The smallest absolute Gasteiger partial charge is 0.336 e. The number of methoxy groups -OCH3 is 2. The Morgan fingerprint density at radius 3 is 2.62 bits per heavy atom.